The number of hydrogen-bond donors (Lipinski definition) is 2. The number of rotatable bonds is 5. The number of carbonyl (C=O) groups is 2. The standard InChI is InChI=1S/C17H11N3O6S2/c21-11-6-4-10(5-7-11)15(22)18-19-16(23)13(28-17(19)27)3-1-2-12-8-9-14(26-12)20(24)25/h1-9,21H,(H,18,22)/b2-1+,13-3-. The molecule has 2 amide bonds. The summed E-state index contributed by atoms with van der Waals surface area (Å²) in [4.78, 5) is 34.8. The molecule has 0 unspecified atom stereocenters. The zero-order chi connectivity index (χ0) is 20.3. The molecule has 1 fully saturated rings. The lowest BCUT2D eigenvalue weighted by Gasteiger charge is -2.15. The molecule has 1 aromatic carbocycles. The lowest BCUT2D eigenvalue weighted by molar-refractivity contribution is -0.402. The van der Waals surface area contributed by atoms with Crippen molar-refractivity contribution in [3.63, 3.8) is 0 Å². The Kier molecular flexibility index (Phi) is 5.57. The van der Waals surface area contributed by atoms with Crippen molar-refractivity contribution >= 4 is 52.1 Å². The van der Waals surface area contributed by atoms with Gasteiger partial charge in [-0.15, -0.1) is 0 Å². The molecule has 28 heavy (non-hydrogen) atoms. The number of thiocarbonyl (C=S) groups is 1. The van der Waals surface area contributed by atoms with Crippen molar-refractivity contribution in [2.75, 3.05) is 0 Å². The van der Waals surface area contributed by atoms with Crippen LogP contribution >= 0.6 is 24.0 Å². The molecule has 1 aliphatic heterocycles. The van der Waals surface area contributed by atoms with Crippen LogP contribution in [0.15, 0.2) is 57.9 Å². The summed E-state index contributed by atoms with van der Waals surface area (Å²) in [6.45, 7) is 0. The molecule has 2 heterocycles. The summed E-state index contributed by atoms with van der Waals surface area (Å²) in [7, 11) is 0. The van der Waals surface area contributed by atoms with E-state index in [1.807, 2.05) is 0 Å². The summed E-state index contributed by atoms with van der Waals surface area (Å²) in [5, 5.41) is 20.8. The number of hydrazine groups is 1. The van der Waals surface area contributed by atoms with Gasteiger partial charge in [0.05, 0.1) is 11.0 Å². The highest BCUT2D eigenvalue weighted by Gasteiger charge is 2.33. The molecule has 1 aliphatic rings. The molecule has 0 atom stereocenters. The smallest absolute Gasteiger partial charge is 0.433 e. The number of phenols is 1. The van der Waals surface area contributed by atoms with E-state index in [0.717, 1.165) is 16.8 Å². The van der Waals surface area contributed by atoms with Crippen LogP contribution in [0.5, 0.6) is 5.75 Å². The number of allylic oxidation sites excluding steroid dienone is 2. The Morgan fingerprint density at radius 1 is 1.29 bits per heavy atom. The molecule has 0 radical (unpaired) electrons. The average molecular weight is 417 g/mol. The summed E-state index contributed by atoms with van der Waals surface area (Å²) >= 11 is 6.11. The minimum absolute atomic E-state index is 0.0128. The highest BCUT2D eigenvalue weighted by Crippen LogP contribution is 2.30. The number of amides is 2. The van der Waals surface area contributed by atoms with Gasteiger partial charge in [0, 0.05) is 5.56 Å². The summed E-state index contributed by atoms with van der Waals surface area (Å²) in [5.74, 6) is -1.20. The third-order valence-electron chi connectivity index (χ3n) is 3.44. The number of benzene rings is 1. The Balaban J connectivity index is 1.67. The first kappa shape index (κ1) is 19.3. The fraction of sp³-hybridized carbons (Fsp3) is 0. The molecule has 1 saturated heterocycles. The van der Waals surface area contributed by atoms with Crippen molar-refractivity contribution in [1.29, 1.82) is 0 Å². The van der Waals surface area contributed by atoms with Crippen LogP contribution in [0.25, 0.3) is 6.08 Å². The zero-order valence-electron chi connectivity index (χ0n) is 13.9. The summed E-state index contributed by atoms with van der Waals surface area (Å²) in [6, 6.07) is 8.15. The second kappa shape index (κ2) is 8.06. The molecular weight excluding hydrogens is 406 g/mol. The maximum Gasteiger partial charge on any atom is 0.433 e. The molecule has 2 aromatic rings. The van der Waals surface area contributed by atoms with E-state index in [2.05, 4.69) is 5.43 Å². The van der Waals surface area contributed by atoms with E-state index in [1.54, 1.807) is 0 Å². The molecule has 0 bridgehead atoms. The van der Waals surface area contributed by atoms with Crippen molar-refractivity contribution in [1.82, 2.24) is 10.4 Å². The van der Waals surface area contributed by atoms with Gasteiger partial charge in [-0.2, -0.15) is 5.01 Å². The van der Waals surface area contributed by atoms with Crippen molar-refractivity contribution in [2.24, 2.45) is 0 Å². The number of thioether (sulfide) groups is 1. The maximum absolute atomic E-state index is 12.4. The highest BCUT2D eigenvalue weighted by atomic mass is 32.2. The molecule has 3 rings (SSSR count). The number of phenolic OH excluding ortho intramolecular Hbond substituents is 1. The van der Waals surface area contributed by atoms with E-state index in [0.29, 0.717) is 0 Å². The predicted molar refractivity (Wildman–Crippen MR) is 105 cm³/mol. The molecule has 142 valence electrons. The van der Waals surface area contributed by atoms with Crippen LogP contribution in [0.3, 0.4) is 0 Å². The molecule has 0 aliphatic carbocycles. The molecule has 2 N–H and O–H groups in total. The number of aromatic hydroxyl groups is 1. The number of nitro groups is 1. The van der Waals surface area contributed by atoms with Gasteiger partial charge in [-0.25, -0.2) is 0 Å². The molecule has 9 nitrogen and oxygen atoms in total. The van der Waals surface area contributed by atoms with Crippen LogP contribution < -0.4 is 5.43 Å². The second-order valence-electron chi connectivity index (χ2n) is 5.32. The van der Waals surface area contributed by atoms with Crippen molar-refractivity contribution in [3.8, 4) is 5.75 Å². The van der Waals surface area contributed by atoms with Gasteiger partial charge in [-0.1, -0.05) is 17.8 Å². The van der Waals surface area contributed by atoms with Crippen LogP contribution in [0.2, 0.25) is 0 Å². The van der Waals surface area contributed by atoms with E-state index < -0.39 is 16.7 Å². The summed E-state index contributed by atoms with van der Waals surface area (Å²) in [6.07, 6.45) is 4.39. The Bertz CT molecular complexity index is 1030. The van der Waals surface area contributed by atoms with E-state index >= 15 is 0 Å². The van der Waals surface area contributed by atoms with E-state index in [9.17, 15) is 24.8 Å². The Hall–Kier alpha value is -3.44. The third kappa shape index (κ3) is 4.27. The predicted octanol–water partition coefficient (Wildman–Crippen LogP) is 3.00. The molecule has 11 heteroatoms. The lowest BCUT2D eigenvalue weighted by Crippen LogP contribution is -2.44. The van der Waals surface area contributed by atoms with E-state index in [-0.39, 0.29) is 32.2 Å². The average Bonchev–Trinajstić information content (AvgIpc) is 3.23. The SMILES string of the molecule is O=C(NN1C(=O)/C(=C/C=C/c2ccc([N+](=O)[O-])o2)SC1=S)c1ccc(O)cc1. The minimum atomic E-state index is -0.654. The van der Waals surface area contributed by atoms with E-state index in [1.165, 1.54) is 54.6 Å². The van der Waals surface area contributed by atoms with Crippen LogP contribution in [0.1, 0.15) is 16.1 Å². The number of furan rings is 1. The van der Waals surface area contributed by atoms with Gasteiger partial charge in [-0.3, -0.25) is 25.1 Å². The van der Waals surface area contributed by atoms with Gasteiger partial charge >= 0.3 is 5.88 Å². The van der Waals surface area contributed by atoms with Crippen LogP contribution in [-0.4, -0.2) is 31.2 Å². The van der Waals surface area contributed by atoms with Gasteiger partial charge in [0.15, 0.2) is 4.32 Å². The molecular formula is C17H11N3O6S2. The highest BCUT2D eigenvalue weighted by molar-refractivity contribution is 8.26. The molecule has 1 aromatic heterocycles. The van der Waals surface area contributed by atoms with Gasteiger partial charge < -0.3 is 9.52 Å². The monoisotopic (exact) mass is 417 g/mol. The lowest BCUT2D eigenvalue weighted by atomic mass is 10.2. The Morgan fingerprint density at radius 3 is 2.64 bits per heavy atom. The first-order valence-electron chi connectivity index (χ1n) is 7.64. The Labute approximate surface area is 167 Å². The van der Waals surface area contributed by atoms with Gasteiger partial charge in [-0.05, 0) is 54.7 Å². The van der Waals surface area contributed by atoms with Crippen molar-refractivity contribution in [2.45, 2.75) is 0 Å². The van der Waals surface area contributed by atoms with Crippen molar-refractivity contribution in [3.05, 3.63) is 74.9 Å². The first-order chi connectivity index (χ1) is 13.3. The summed E-state index contributed by atoms with van der Waals surface area (Å²) < 4.78 is 5.11. The number of nitrogens with one attached hydrogen (secondary N) is 1. The van der Waals surface area contributed by atoms with Crippen molar-refractivity contribution < 1.29 is 24.0 Å². The third-order valence-corrected chi connectivity index (χ3v) is 4.76. The largest absolute Gasteiger partial charge is 0.508 e. The fourth-order valence-corrected chi connectivity index (χ4v) is 3.25. The fourth-order valence-electron chi connectivity index (χ4n) is 2.12. The van der Waals surface area contributed by atoms with Crippen LogP contribution in [-0.2, 0) is 4.79 Å². The molecule has 0 spiro atoms. The molecule has 0 saturated carbocycles. The number of nitrogens with zero attached hydrogens (tertiary/aromatic N) is 2. The number of carbonyl (C=O) groups excluding carboxylic acids is 2. The number of hydrogen-bond acceptors (Lipinski definition) is 8. The maximum atomic E-state index is 12.4. The van der Waals surface area contributed by atoms with Crippen LogP contribution in [0, 0.1) is 10.1 Å². The van der Waals surface area contributed by atoms with Gasteiger partial charge in [0.2, 0.25) is 0 Å². The van der Waals surface area contributed by atoms with Gasteiger partial charge in [0.25, 0.3) is 11.8 Å². The van der Waals surface area contributed by atoms with E-state index in [4.69, 9.17) is 16.6 Å². The summed E-state index contributed by atoms with van der Waals surface area (Å²) in [5.41, 5.74) is 2.66. The van der Waals surface area contributed by atoms with Crippen LogP contribution in [0.4, 0.5) is 5.88 Å². The second-order valence-corrected chi connectivity index (χ2v) is 7.00. The quantitative estimate of drug-likeness (QED) is 0.329. The first-order valence-corrected chi connectivity index (χ1v) is 8.86. The minimum Gasteiger partial charge on any atom is -0.508 e. The zero-order valence-corrected chi connectivity index (χ0v) is 15.5. The topological polar surface area (TPSA) is 126 Å². The Morgan fingerprint density at radius 2 is 2.00 bits per heavy atom. The normalized spacial score (nSPS) is 15.6. The van der Waals surface area contributed by atoms with Gasteiger partial charge in [0.1, 0.15) is 16.4 Å².